The van der Waals surface area contributed by atoms with E-state index in [2.05, 4.69) is 39.2 Å². The molecule has 1 atom stereocenters. The van der Waals surface area contributed by atoms with Crippen molar-refractivity contribution in [1.82, 2.24) is 19.9 Å². The van der Waals surface area contributed by atoms with E-state index in [4.69, 9.17) is 0 Å². The van der Waals surface area contributed by atoms with E-state index >= 15 is 0 Å². The Bertz CT molecular complexity index is 881. The third-order valence-electron chi connectivity index (χ3n) is 4.76. The van der Waals surface area contributed by atoms with Crippen molar-refractivity contribution < 1.29 is 4.79 Å². The topological polar surface area (TPSA) is 59.0 Å². The first-order valence-electron chi connectivity index (χ1n) is 8.69. The summed E-state index contributed by atoms with van der Waals surface area (Å²) in [7, 11) is 0. The molecular weight excluding hydrogens is 312 g/mol. The summed E-state index contributed by atoms with van der Waals surface area (Å²) in [5.41, 5.74) is 2.32. The average Bonchev–Trinajstić information content (AvgIpc) is 2.68. The molecule has 3 aromatic rings. The molecule has 1 aliphatic rings. The van der Waals surface area contributed by atoms with E-state index in [0.717, 1.165) is 37.9 Å². The summed E-state index contributed by atoms with van der Waals surface area (Å²) in [5.74, 6) is 0.698. The van der Waals surface area contributed by atoms with Gasteiger partial charge >= 0.3 is 0 Å². The lowest BCUT2D eigenvalue weighted by molar-refractivity contribution is 0.0661. The summed E-state index contributed by atoms with van der Waals surface area (Å²) in [6, 6.07) is 12.2. The number of benzene rings is 1. The van der Waals surface area contributed by atoms with Gasteiger partial charge in [0.1, 0.15) is 0 Å². The Morgan fingerprint density at radius 2 is 1.92 bits per heavy atom. The average molecular weight is 332 g/mol. The van der Waals surface area contributed by atoms with Crippen LogP contribution in [0.2, 0.25) is 0 Å². The number of carbonyl (C=O) groups excluding carboxylic acids is 1. The van der Waals surface area contributed by atoms with Crippen molar-refractivity contribution in [2.75, 3.05) is 13.1 Å². The fourth-order valence-corrected chi connectivity index (χ4v) is 3.55. The quantitative estimate of drug-likeness (QED) is 0.739. The predicted molar refractivity (Wildman–Crippen MR) is 96.1 cm³/mol. The molecule has 0 spiro atoms. The zero-order valence-corrected chi connectivity index (χ0v) is 14.0. The largest absolute Gasteiger partial charge is 0.336 e. The Balaban J connectivity index is 1.46. The molecule has 5 heteroatoms. The van der Waals surface area contributed by atoms with E-state index in [1.54, 1.807) is 18.5 Å². The van der Waals surface area contributed by atoms with Crippen LogP contribution in [0.4, 0.5) is 0 Å². The zero-order chi connectivity index (χ0) is 17.1. The molecule has 126 valence electrons. The summed E-state index contributed by atoms with van der Waals surface area (Å²) in [4.78, 5) is 27.0. The fourth-order valence-electron chi connectivity index (χ4n) is 3.55. The number of hydrogen-bond donors (Lipinski definition) is 0. The lowest BCUT2D eigenvalue weighted by Gasteiger charge is -2.32. The maximum absolute atomic E-state index is 12.6. The zero-order valence-electron chi connectivity index (χ0n) is 14.0. The van der Waals surface area contributed by atoms with Gasteiger partial charge in [0.05, 0.1) is 5.52 Å². The molecule has 0 unspecified atom stereocenters. The molecule has 1 aromatic carbocycles. The highest BCUT2D eigenvalue weighted by molar-refractivity contribution is 5.90. The van der Waals surface area contributed by atoms with Crippen molar-refractivity contribution in [1.29, 1.82) is 0 Å². The van der Waals surface area contributed by atoms with Crippen LogP contribution in [0.15, 0.2) is 55.0 Å². The van der Waals surface area contributed by atoms with Crippen LogP contribution in [0, 0.1) is 5.92 Å². The van der Waals surface area contributed by atoms with Crippen molar-refractivity contribution in [2.24, 2.45) is 5.92 Å². The molecular formula is C20H20N4O. The maximum atomic E-state index is 12.6. The van der Waals surface area contributed by atoms with Crippen molar-refractivity contribution >= 4 is 16.8 Å². The van der Waals surface area contributed by atoms with Crippen LogP contribution in [-0.2, 0) is 6.42 Å². The number of pyridine rings is 1. The van der Waals surface area contributed by atoms with Gasteiger partial charge in [-0.25, -0.2) is 9.97 Å². The number of piperidine rings is 1. The van der Waals surface area contributed by atoms with E-state index in [1.807, 2.05) is 17.2 Å². The van der Waals surface area contributed by atoms with Crippen LogP contribution < -0.4 is 0 Å². The molecule has 0 saturated carbocycles. The summed E-state index contributed by atoms with van der Waals surface area (Å²) in [6.07, 6.45) is 8.20. The minimum absolute atomic E-state index is 0.0620. The number of carbonyl (C=O) groups is 1. The molecule has 0 bridgehead atoms. The molecule has 1 saturated heterocycles. The van der Waals surface area contributed by atoms with Gasteiger partial charge in [-0.3, -0.25) is 9.78 Å². The third-order valence-corrected chi connectivity index (χ3v) is 4.76. The van der Waals surface area contributed by atoms with Gasteiger partial charge in [0, 0.05) is 37.1 Å². The number of hydrogen-bond acceptors (Lipinski definition) is 4. The molecule has 1 aliphatic heterocycles. The van der Waals surface area contributed by atoms with Gasteiger partial charge in [-0.15, -0.1) is 0 Å². The number of aromatic nitrogens is 3. The van der Waals surface area contributed by atoms with Crippen LogP contribution >= 0.6 is 0 Å². The smallest absolute Gasteiger partial charge is 0.291 e. The van der Waals surface area contributed by atoms with E-state index in [-0.39, 0.29) is 5.91 Å². The Hall–Kier alpha value is -2.82. The Labute approximate surface area is 146 Å². The Kier molecular flexibility index (Phi) is 4.37. The first-order valence-corrected chi connectivity index (χ1v) is 8.69. The standard InChI is InChI=1S/C20H20N4O/c25-20(19-22-9-3-10-23-19)24-11-2-4-16(14-24)12-15-6-7-18-17(13-15)5-1-8-21-18/h1,3,5-10,13,16H,2,4,11-12,14H2/t16-/m1/s1. The van der Waals surface area contributed by atoms with Gasteiger partial charge in [-0.05, 0) is 55.0 Å². The molecule has 0 N–H and O–H groups in total. The summed E-state index contributed by atoms with van der Waals surface area (Å²) >= 11 is 0. The van der Waals surface area contributed by atoms with Crippen molar-refractivity contribution in [2.45, 2.75) is 19.3 Å². The minimum Gasteiger partial charge on any atom is -0.336 e. The fraction of sp³-hybridized carbons (Fsp3) is 0.300. The lowest BCUT2D eigenvalue weighted by atomic mass is 9.90. The number of rotatable bonds is 3. The van der Waals surface area contributed by atoms with Gasteiger partial charge in [0.2, 0.25) is 5.82 Å². The van der Waals surface area contributed by atoms with Crippen molar-refractivity contribution in [3.05, 3.63) is 66.4 Å². The minimum atomic E-state index is -0.0620. The first kappa shape index (κ1) is 15.7. The Morgan fingerprint density at radius 1 is 1.08 bits per heavy atom. The highest BCUT2D eigenvalue weighted by Crippen LogP contribution is 2.23. The second-order valence-corrected chi connectivity index (χ2v) is 6.57. The van der Waals surface area contributed by atoms with E-state index in [9.17, 15) is 4.79 Å². The van der Waals surface area contributed by atoms with Gasteiger partial charge in [-0.1, -0.05) is 12.1 Å². The summed E-state index contributed by atoms with van der Waals surface area (Å²) in [5, 5.41) is 1.17. The molecule has 0 aliphatic carbocycles. The molecule has 1 amide bonds. The SMILES string of the molecule is O=C(c1ncccn1)N1CCC[C@H](Cc2ccc3ncccc3c2)C1. The van der Waals surface area contributed by atoms with E-state index < -0.39 is 0 Å². The van der Waals surface area contributed by atoms with Crippen LogP contribution in [0.5, 0.6) is 0 Å². The van der Waals surface area contributed by atoms with Crippen molar-refractivity contribution in [3.8, 4) is 0 Å². The third kappa shape index (κ3) is 3.50. The van der Waals surface area contributed by atoms with Crippen LogP contribution in [-0.4, -0.2) is 38.8 Å². The van der Waals surface area contributed by atoms with Gasteiger partial charge < -0.3 is 4.90 Å². The number of likely N-dealkylation sites (tertiary alicyclic amines) is 1. The molecule has 3 heterocycles. The van der Waals surface area contributed by atoms with E-state index in [1.165, 1.54) is 10.9 Å². The summed E-state index contributed by atoms with van der Waals surface area (Å²) in [6.45, 7) is 1.55. The predicted octanol–water partition coefficient (Wildman–Crippen LogP) is 3.12. The molecule has 5 nitrogen and oxygen atoms in total. The monoisotopic (exact) mass is 332 g/mol. The highest BCUT2D eigenvalue weighted by atomic mass is 16.2. The van der Waals surface area contributed by atoms with Crippen LogP contribution in [0.25, 0.3) is 10.9 Å². The number of fused-ring (bicyclic) bond motifs is 1. The molecule has 1 fully saturated rings. The molecule has 2 aromatic heterocycles. The second kappa shape index (κ2) is 6.97. The second-order valence-electron chi connectivity index (χ2n) is 6.57. The van der Waals surface area contributed by atoms with Crippen molar-refractivity contribution in [3.63, 3.8) is 0 Å². The number of amides is 1. The van der Waals surface area contributed by atoms with Crippen LogP contribution in [0.1, 0.15) is 29.0 Å². The van der Waals surface area contributed by atoms with Gasteiger partial charge in [0.25, 0.3) is 5.91 Å². The van der Waals surface area contributed by atoms with Gasteiger partial charge in [-0.2, -0.15) is 0 Å². The first-order chi connectivity index (χ1) is 12.3. The Morgan fingerprint density at radius 3 is 2.80 bits per heavy atom. The van der Waals surface area contributed by atoms with Crippen LogP contribution in [0.3, 0.4) is 0 Å². The maximum Gasteiger partial charge on any atom is 0.291 e. The molecule has 25 heavy (non-hydrogen) atoms. The summed E-state index contributed by atoms with van der Waals surface area (Å²) < 4.78 is 0. The number of nitrogens with zero attached hydrogens (tertiary/aromatic N) is 4. The van der Waals surface area contributed by atoms with Gasteiger partial charge in [0.15, 0.2) is 0 Å². The van der Waals surface area contributed by atoms with E-state index in [0.29, 0.717) is 11.7 Å². The molecule has 4 rings (SSSR count). The lowest BCUT2D eigenvalue weighted by Crippen LogP contribution is -2.41. The normalized spacial score (nSPS) is 17.6. The molecule has 0 radical (unpaired) electrons. The highest BCUT2D eigenvalue weighted by Gasteiger charge is 2.26.